The summed E-state index contributed by atoms with van der Waals surface area (Å²) in [6.07, 6.45) is 0.560. The zero-order valence-corrected chi connectivity index (χ0v) is 11.8. The average molecular weight is 315 g/mol. The van der Waals surface area contributed by atoms with Crippen molar-refractivity contribution < 1.29 is 18.7 Å². The first kappa shape index (κ1) is 14.6. The van der Waals surface area contributed by atoms with Crippen LogP contribution < -0.4 is 9.47 Å². The molecular formula is C14H9Cl2FO3. The summed E-state index contributed by atoms with van der Waals surface area (Å²) >= 11 is 11.8. The highest BCUT2D eigenvalue weighted by atomic mass is 35.5. The van der Waals surface area contributed by atoms with Gasteiger partial charge >= 0.3 is 0 Å². The Morgan fingerprint density at radius 1 is 1.10 bits per heavy atom. The number of halogens is 3. The Balaban J connectivity index is 2.47. The van der Waals surface area contributed by atoms with Gasteiger partial charge in [-0.1, -0.05) is 23.2 Å². The van der Waals surface area contributed by atoms with Crippen LogP contribution in [0.2, 0.25) is 10.0 Å². The maximum absolute atomic E-state index is 13.1. The second-order valence-corrected chi connectivity index (χ2v) is 4.66. The standard InChI is InChI=1S/C14H9Cl2FO3/c1-19-14-6-9(17)2-3-12(14)20-13-5-8(15)4-11(16)10(13)7-18/h2-7H,1H3. The highest BCUT2D eigenvalue weighted by Crippen LogP contribution is 2.36. The van der Waals surface area contributed by atoms with Crippen LogP contribution in [0, 0.1) is 5.82 Å². The number of hydrogen-bond donors (Lipinski definition) is 0. The second kappa shape index (κ2) is 6.11. The minimum Gasteiger partial charge on any atom is -0.493 e. The largest absolute Gasteiger partial charge is 0.493 e. The van der Waals surface area contributed by atoms with E-state index in [4.69, 9.17) is 32.7 Å². The number of carbonyl (C=O) groups is 1. The Bertz CT molecular complexity index is 659. The molecule has 0 radical (unpaired) electrons. The Hall–Kier alpha value is -1.78. The molecule has 0 N–H and O–H groups in total. The number of ether oxygens (including phenoxy) is 2. The third kappa shape index (κ3) is 3.03. The molecule has 0 aliphatic carbocycles. The zero-order valence-electron chi connectivity index (χ0n) is 10.3. The Morgan fingerprint density at radius 3 is 2.50 bits per heavy atom. The fourth-order valence-electron chi connectivity index (χ4n) is 1.60. The molecule has 0 heterocycles. The molecule has 0 atom stereocenters. The maximum Gasteiger partial charge on any atom is 0.169 e. The van der Waals surface area contributed by atoms with E-state index in [1.165, 1.54) is 37.4 Å². The summed E-state index contributed by atoms with van der Waals surface area (Å²) in [6.45, 7) is 0. The van der Waals surface area contributed by atoms with Crippen molar-refractivity contribution in [1.82, 2.24) is 0 Å². The van der Waals surface area contributed by atoms with Crippen molar-refractivity contribution in [3.63, 3.8) is 0 Å². The van der Waals surface area contributed by atoms with Gasteiger partial charge in [0.05, 0.1) is 17.7 Å². The van der Waals surface area contributed by atoms with Gasteiger partial charge in [0.25, 0.3) is 0 Å². The number of benzene rings is 2. The zero-order chi connectivity index (χ0) is 14.7. The van der Waals surface area contributed by atoms with Gasteiger partial charge in [0.2, 0.25) is 0 Å². The van der Waals surface area contributed by atoms with Crippen molar-refractivity contribution in [2.45, 2.75) is 0 Å². The van der Waals surface area contributed by atoms with Gasteiger partial charge in [-0.05, 0) is 18.2 Å². The van der Waals surface area contributed by atoms with Crippen molar-refractivity contribution in [3.8, 4) is 17.2 Å². The summed E-state index contributed by atoms with van der Waals surface area (Å²) in [6, 6.07) is 6.64. The molecule has 0 saturated carbocycles. The predicted octanol–water partition coefficient (Wildman–Crippen LogP) is 4.75. The fraction of sp³-hybridized carbons (Fsp3) is 0.0714. The molecule has 2 aromatic rings. The van der Waals surface area contributed by atoms with E-state index < -0.39 is 5.82 Å². The minimum absolute atomic E-state index is 0.155. The van der Waals surface area contributed by atoms with Crippen molar-refractivity contribution >= 4 is 29.5 Å². The molecule has 0 unspecified atom stereocenters. The smallest absolute Gasteiger partial charge is 0.169 e. The van der Waals surface area contributed by atoms with Crippen molar-refractivity contribution in [2.75, 3.05) is 7.11 Å². The van der Waals surface area contributed by atoms with E-state index in [1.54, 1.807) is 0 Å². The lowest BCUT2D eigenvalue weighted by Gasteiger charge is -2.12. The molecule has 0 saturated heterocycles. The molecule has 0 bridgehead atoms. The lowest BCUT2D eigenvalue weighted by atomic mass is 10.2. The van der Waals surface area contributed by atoms with Gasteiger partial charge in [0.1, 0.15) is 11.6 Å². The van der Waals surface area contributed by atoms with Crippen LogP contribution in [0.25, 0.3) is 0 Å². The van der Waals surface area contributed by atoms with Crippen molar-refractivity contribution in [3.05, 3.63) is 51.8 Å². The monoisotopic (exact) mass is 314 g/mol. The fourth-order valence-corrected chi connectivity index (χ4v) is 2.12. The Morgan fingerprint density at radius 2 is 1.85 bits per heavy atom. The van der Waals surface area contributed by atoms with Gasteiger partial charge < -0.3 is 9.47 Å². The van der Waals surface area contributed by atoms with Gasteiger partial charge in [-0.2, -0.15) is 0 Å². The van der Waals surface area contributed by atoms with Crippen LogP contribution in [-0.4, -0.2) is 13.4 Å². The van der Waals surface area contributed by atoms with Gasteiger partial charge in [-0.25, -0.2) is 4.39 Å². The van der Waals surface area contributed by atoms with E-state index in [0.717, 1.165) is 0 Å². The highest BCUT2D eigenvalue weighted by molar-refractivity contribution is 6.36. The molecule has 104 valence electrons. The number of carbonyl (C=O) groups excluding carboxylic acids is 1. The van der Waals surface area contributed by atoms with Gasteiger partial charge in [-0.15, -0.1) is 0 Å². The summed E-state index contributed by atoms with van der Waals surface area (Å²) in [5.74, 6) is 0.143. The van der Waals surface area contributed by atoms with E-state index in [1.807, 2.05) is 0 Å². The first-order valence-corrected chi connectivity index (χ1v) is 6.26. The summed E-state index contributed by atoms with van der Waals surface area (Å²) in [5, 5.41) is 0.486. The lowest BCUT2D eigenvalue weighted by molar-refractivity contribution is 0.112. The van der Waals surface area contributed by atoms with Crippen LogP contribution in [0.5, 0.6) is 17.2 Å². The molecule has 2 aromatic carbocycles. The van der Waals surface area contributed by atoms with Crippen LogP contribution >= 0.6 is 23.2 Å². The lowest BCUT2D eigenvalue weighted by Crippen LogP contribution is -1.95. The average Bonchev–Trinajstić information content (AvgIpc) is 2.40. The van der Waals surface area contributed by atoms with E-state index >= 15 is 0 Å². The van der Waals surface area contributed by atoms with Gasteiger partial charge in [0, 0.05) is 17.2 Å². The molecule has 0 fully saturated rings. The van der Waals surface area contributed by atoms with Crippen molar-refractivity contribution in [2.24, 2.45) is 0 Å². The Kier molecular flexibility index (Phi) is 4.47. The molecule has 0 aliphatic rings. The van der Waals surface area contributed by atoms with Crippen LogP contribution in [0.1, 0.15) is 10.4 Å². The summed E-state index contributed by atoms with van der Waals surface area (Å²) in [7, 11) is 1.38. The first-order valence-electron chi connectivity index (χ1n) is 5.50. The van der Waals surface area contributed by atoms with Crippen molar-refractivity contribution in [1.29, 1.82) is 0 Å². The van der Waals surface area contributed by atoms with Gasteiger partial charge in [0.15, 0.2) is 17.8 Å². The normalized spacial score (nSPS) is 10.2. The molecule has 0 amide bonds. The number of hydrogen-bond acceptors (Lipinski definition) is 3. The van der Waals surface area contributed by atoms with E-state index in [-0.39, 0.29) is 27.8 Å². The summed E-state index contributed by atoms with van der Waals surface area (Å²) < 4.78 is 23.7. The Labute approximate surface area is 124 Å². The molecule has 0 aliphatic heterocycles. The topological polar surface area (TPSA) is 35.5 Å². The van der Waals surface area contributed by atoms with Crippen LogP contribution in [0.3, 0.4) is 0 Å². The molecule has 2 rings (SSSR count). The molecular weight excluding hydrogens is 306 g/mol. The van der Waals surface area contributed by atoms with Crippen LogP contribution in [0.4, 0.5) is 4.39 Å². The molecule has 6 heteroatoms. The quantitative estimate of drug-likeness (QED) is 0.764. The van der Waals surface area contributed by atoms with Gasteiger partial charge in [-0.3, -0.25) is 4.79 Å². The first-order chi connectivity index (χ1) is 9.55. The number of methoxy groups -OCH3 is 1. The highest BCUT2D eigenvalue weighted by Gasteiger charge is 2.13. The predicted molar refractivity (Wildman–Crippen MR) is 74.9 cm³/mol. The number of aldehydes is 1. The number of rotatable bonds is 4. The minimum atomic E-state index is -0.464. The maximum atomic E-state index is 13.1. The van der Waals surface area contributed by atoms with E-state index in [2.05, 4.69) is 0 Å². The van der Waals surface area contributed by atoms with E-state index in [0.29, 0.717) is 11.3 Å². The van der Waals surface area contributed by atoms with Crippen LogP contribution in [0.15, 0.2) is 30.3 Å². The molecule has 0 spiro atoms. The summed E-state index contributed by atoms with van der Waals surface area (Å²) in [4.78, 5) is 11.1. The SMILES string of the molecule is COc1cc(F)ccc1Oc1cc(Cl)cc(Cl)c1C=O. The molecule has 0 aromatic heterocycles. The third-order valence-electron chi connectivity index (χ3n) is 2.52. The third-order valence-corrected chi connectivity index (χ3v) is 3.05. The van der Waals surface area contributed by atoms with E-state index in [9.17, 15) is 9.18 Å². The van der Waals surface area contributed by atoms with Crippen LogP contribution in [-0.2, 0) is 0 Å². The molecule has 3 nitrogen and oxygen atoms in total. The molecule has 20 heavy (non-hydrogen) atoms. The second-order valence-electron chi connectivity index (χ2n) is 3.81. The summed E-state index contributed by atoms with van der Waals surface area (Å²) in [5.41, 5.74) is 0.155.